The van der Waals surface area contributed by atoms with Crippen LogP contribution in [-0.4, -0.2) is 5.91 Å². The summed E-state index contributed by atoms with van der Waals surface area (Å²) in [6.07, 6.45) is 2.24. The molecule has 0 atom stereocenters. The van der Waals surface area contributed by atoms with Gasteiger partial charge in [0.2, 0.25) is 5.91 Å². The number of carbonyl (C=O) groups is 1. The van der Waals surface area contributed by atoms with Gasteiger partial charge in [0.05, 0.1) is 0 Å². The molecule has 10 heavy (non-hydrogen) atoms. The van der Waals surface area contributed by atoms with Crippen LogP contribution in [0.15, 0.2) is 23.8 Å². The SMILES string of the molecule is C=CCC(C(N)=O)=C(C)C. The first-order valence-corrected chi connectivity index (χ1v) is 3.16. The Morgan fingerprint density at radius 1 is 1.60 bits per heavy atom. The monoisotopic (exact) mass is 139 g/mol. The molecule has 1 amide bonds. The zero-order valence-corrected chi connectivity index (χ0v) is 6.48. The number of allylic oxidation sites excluding steroid dienone is 2. The topological polar surface area (TPSA) is 43.1 Å². The van der Waals surface area contributed by atoms with E-state index in [0.717, 1.165) is 5.57 Å². The van der Waals surface area contributed by atoms with Crippen molar-refractivity contribution in [3.63, 3.8) is 0 Å². The largest absolute Gasteiger partial charge is 0.366 e. The minimum atomic E-state index is -0.347. The van der Waals surface area contributed by atoms with Gasteiger partial charge in [0.1, 0.15) is 0 Å². The Bertz CT molecular complexity index is 176. The first-order chi connectivity index (χ1) is 4.59. The molecule has 0 rings (SSSR count). The molecule has 0 unspecified atom stereocenters. The third-order valence-corrected chi connectivity index (χ3v) is 1.25. The summed E-state index contributed by atoms with van der Waals surface area (Å²) < 4.78 is 0. The van der Waals surface area contributed by atoms with Crippen LogP contribution in [0.1, 0.15) is 20.3 Å². The lowest BCUT2D eigenvalue weighted by atomic mass is 10.1. The van der Waals surface area contributed by atoms with Gasteiger partial charge in [-0.15, -0.1) is 6.58 Å². The average Bonchev–Trinajstić information content (AvgIpc) is 1.81. The molecule has 2 N–H and O–H groups in total. The molecule has 0 aliphatic heterocycles. The Labute approximate surface area is 61.4 Å². The summed E-state index contributed by atoms with van der Waals surface area (Å²) in [6, 6.07) is 0. The molecule has 0 fully saturated rings. The normalized spacial score (nSPS) is 8.60. The van der Waals surface area contributed by atoms with Crippen LogP contribution in [0.3, 0.4) is 0 Å². The Kier molecular flexibility index (Phi) is 3.47. The highest BCUT2D eigenvalue weighted by atomic mass is 16.1. The number of hydrogen-bond acceptors (Lipinski definition) is 1. The summed E-state index contributed by atoms with van der Waals surface area (Å²) in [6.45, 7) is 7.25. The summed E-state index contributed by atoms with van der Waals surface area (Å²) in [7, 11) is 0. The lowest BCUT2D eigenvalue weighted by Crippen LogP contribution is -2.14. The zero-order chi connectivity index (χ0) is 8.15. The Hall–Kier alpha value is -1.05. The van der Waals surface area contributed by atoms with E-state index >= 15 is 0 Å². The van der Waals surface area contributed by atoms with Crippen LogP contribution in [-0.2, 0) is 4.79 Å². The molecule has 56 valence electrons. The van der Waals surface area contributed by atoms with Crippen molar-refractivity contribution in [1.82, 2.24) is 0 Å². The fourth-order valence-electron chi connectivity index (χ4n) is 0.695. The van der Waals surface area contributed by atoms with Crippen molar-refractivity contribution in [2.75, 3.05) is 0 Å². The van der Waals surface area contributed by atoms with Crippen LogP contribution in [0.5, 0.6) is 0 Å². The van der Waals surface area contributed by atoms with Gasteiger partial charge in [0.25, 0.3) is 0 Å². The van der Waals surface area contributed by atoms with Crippen LogP contribution in [0.4, 0.5) is 0 Å². The van der Waals surface area contributed by atoms with Gasteiger partial charge in [0, 0.05) is 5.57 Å². The van der Waals surface area contributed by atoms with Crippen molar-refractivity contribution in [3.8, 4) is 0 Å². The lowest BCUT2D eigenvalue weighted by Gasteiger charge is -2.00. The summed E-state index contributed by atoms with van der Waals surface area (Å²) in [5, 5.41) is 0. The number of nitrogens with two attached hydrogens (primary N) is 1. The van der Waals surface area contributed by atoms with Gasteiger partial charge in [-0.3, -0.25) is 4.79 Å². The lowest BCUT2D eigenvalue weighted by molar-refractivity contribution is -0.114. The third-order valence-electron chi connectivity index (χ3n) is 1.25. The summed E-state index contributed by atoms with van der Waals surface area (Å²) in [5.41, 5.74) is 6.71. The highest BCUT2D eigenvalue weighted by molar-refractivity contribution is 5.92. The van der Waals surface area contributed by atoms with Crippen molar-refractivity contribution in [1.29, 1.82) is 0 Å². The van der Waals surface area contributed by atoms with E-state index in [9.17, 15) is 4.79 Å². The molecule has 0 aromatic heterocycles. The maximum atomic E-state index is 10.6. The minimum absolute atomic E-state index is 0.347. The van der Waals surface area contributed by atoms with Gasteiger partial charge >= 0.3 is 0 Å². The molecular weight excluding hydrogens is 126 g/mol. The molecular formula is C8H13NO. The molecule has 0 bridgehead atoms. The van der Waals surface area contributed by atoms with Gasteiger partial charge in [0.15, 0.2) is 0 Å². The van der Waals surface area contributed by atoms with Crippen molar-refractivity contribution >= 4 is 5.91 Å². The molecule has 0 spiro atoms. The number of carbonyl (C=O) groups excluding carboxylic acids is 1. The molecule has 2 nitrogen and oxygen atoms in total. The van der Waals surface area contributed by atoms with E-state index in [1.807, 2.05) is 13.8 Å². The van der Waals surface area contributed by atoms with Crippen LogP contribution in [0.25, 0.3) is 0 Å². The van der Waals surface area contributed by atoms with Crippen molar-refractivity contribution < 1.29 is 4.79 Å². The molecule has 0 radical (unpaired) electrons. The first kappa shape index (κ1) is 8.95. The van der Waals surface area contributed by atoms with Crippen LogP contribution < -0.4 is 5.73 Å². The molecule has 0 heterocycles. The molecule has 0 aliphatic carbocycles. The first-order valence-electron chi connectivity index (χ1n) is 3.16. The van der Waals surface area contributed by atoms with Crippen LogP contribution in [0.2, 0.25) is 0 Å². The fourth-order valence-corrected chi connectivity index (χ4v) is 0.695. The molecule has 0 saturated carbocycles. The van der Waals surface area contributed by atoms with E-state index in [1.165, 1.54) is 0 Å². The number of rotatable bonds is 3. The van der Waals surface area contributed by atoms with E-state index in [0.29, 0.717) is 12.0 Å². The maximum Gasteiger partial charge on any atom is 0.244 e. The molecule has 0 saturated heterocycles. The van der Waals surface area contributed by atoms with Gasteiger partial charge in [-0.05, 0) is 20.3 Å². The second-order valence-electron chi connectivity index (χ2n) is 2.34. The van der Waals surface area contributed by atoms with Crippen LogP contribution in [0, 0.1) is 0 Å². The highest BCUT2D eigenvalue weighted by Crippen LogP contribution is 2.06. The van der Waals surface area contributed by atoms with Gasteiger partial charge < -0.3 is 5.73 Å². The second-order valence-corrected chi connectivity index (χ2v) is 2.34. The predicted octanol–water partition coefficient (Wildman–Crippen LogP) is 1.38. The van der Waals surface area contributed by atoms with E-state index in [-0.39, 0.29) is 5.91 Å². The Morgan fingerprint density at radius 2 is 2.10 bits per heavy atom. The van der Waals surface area contributed by atoms with Crippen molar-refractivity contribution in [3.05, 3.63) is 23.8 Å². The number of hydrogen-bond donors (Lipinski definition) is 1. The third kappa shape index (κ3) is 2.49. The highest BCUT2D eigenvalue weighted by Gasteiger charge is 2.02. The van der Waals surface area contributed by atoms with E-state index in [2.05, 4.69) is 6.58 Å². The van der Waals surface area contributed by atoms with Crippen molar-refractivity contribution in [2.24, 2.45) is 5.73 Å². The maximum absolute atomic E-state index is 10.6. The zero-order valence-electron chi connectivity index (χ0n) is 6.48. The van der Waals surface area contributed by atoms with E-state index in [1.54, 1.807) is 6.08 Å². The van der Waals surface area contributed by atoms with Gasteiger partial charge in [-0.25, -0.2) is 0 Å². The fraction of sp³-hybridized carbons (Fsp3) is 0.375. The molecule has 0 aliphatic rings. The minimum Gasteiger partial charge on any atom is -0.366 e. The summed E-state index contributed by atoms with van der Waals surface area (Å²) in [4.78, 5) is 10.6. The smallest absolute Gasteiger partial charge is 0.244 e. The van der Waals surface area contributed by atoms with E-state index < -0.39 is 0 Å². The quantitative estimate of drug-likeness (QED) is 0.466. The molecule has 2 heteroatoms. The average molecular weight is 139 g/mol. The Balaban J connectivity index is 4.42. The summed E-state index contributed by atoms with van der Waals surface area (Å²) >= 11 is 0. The summed E-state index contributed by atoms with van der Waals surface area (Å²) in [5.74, 6) is -0.347. The van der Waals surface area contributed by atoms with Gasteiger partial charge in [-0.1, -0.05) is 11.6 Å². The Morgan fingerprint density at radius 3 is 2.20 bits per heavy atom. The van der Waals surface area contributed by atoms with Crippen LogP contribution >= 0.6 is 0 Å². The number of amides is 1. The number of primary amides is 1. The second kappa shape index (κ2) is 3.88. The standard InChI is InChI=1S/C8H13NO/c1-4-5-7(6(2)3)8(9)10/h4H,1,5H2,2-3H3,(H2,9,10). The van der Waals surface area contributed by atoms with E-state index in [4.69, 9.17) is 5.73 Å². The molecule has 0 aromatic carbocycles. The van der Waals surface area contributed by atoms with Gasteiger partial charge in [-0.2, -0.15) is 0 Å². The van der Waals surface area contributed by atoms with Crippen molar-refractivity contribution in [2.45, 2.75) is 20.3 Å². The molecule has 0 aromatic rings. The predicted molar refractivity (Wildman–Crippen MR) is 42.4 cm³/mol.